The van der Waals surface area contributed by atoms with Crippen molar-refractivity contribution in [3.8, 4) is 6.07 Å². The van der Waals surface area contributed by atoms with Crippen LogP contribution in [0.2, 0.25) is 0 Å². The zero-order chi connectivity index (χ0) is 16.0. The van der Waals surface area contributed by atoms with Crippen LogP contribution in [0, 0.1) is 11.3 Å². The number of nitriles is 1. The fraction of sp³-hybridized carbons (Fsp3) is 0.0556. The number of nitrogens with one attached hydrogen (secondary N) is 1. The van der Waals surface area contributed by atoms with Crippen molar-refractivity contribution < 1.29 is 4.57 Å². The van der Waals surface area contributed by atoms with Gasteiger partial charge in [-0.3, -0.25) is 4.57 Å². The van der Waals surface area contributed by atoms with Crippen molar-refractivity contribution in [2.24, 2.45) is 0 Å². The second-order valence-corrected chi connectivity index (χ2v) is 7.27. The SMILES string of the molecule is C=CC(NP(=O)(c1ccccc1)c1ccccc1)C(=C)C#N. The maximum Gasteiger partial charge on any atom is 0.205 e. The molecular weight excluding hydrogens is 291 g/mol. The zero-order valence-electron chi connectivity index (χ0n) is 12.1. The van der Waals surface area contributed by atoms with E-state index in [0.29, 0.717) is 10.6 Å². The monoisotopic (exact) mass is 308 g/mol. The highest BCUT2D eigenvalue weighted by Crippen LogP contribution is 2.39. The number of rotatable bonds is 6. The molecule has 0 saturated heterocycles. The summed E-state index contributed by atoms with van der Waals surface area (Å²) >= 11 is 0. The van der Waals surface area contributed by atoms with Gasteiger partial charge in [0, 0.05) is 16.2 Å². The van der Waals surface area contributed by atoms with Gasteiger partial charge in [-0.25, -0.2) is 5.09 Å². The third kappa shape index (κ3) is 3.26. The maximum atomic E-state index is 13.7. The molecule has 0 heterocycles. The molecule has 0 aliphatic heterocycles. The third-order valence-electron chi connectivity index (χ3n) is 3.32. The second-order valence-electron chi connectivity index (χ2n) is 4.76. The Balaban J connectivity index is 2.53. The predicted octanol–water partition coefficient (Wildman–Crippen LogP) is 3.14. The van der Waals surface area contributed by atoms with Gasteiger partial charge >= 0.3 is 0 Å². The lowest BCUT2D eigenvalue weighted by Gasteiger charge is -2.24. The minimum Gasteiger partial charge on any atom is -0.296 e. The van der Waals surface area contributed by atoms with Crippen molar-refractivity contribution in [3.63, 3.8) is 0 Å². The summed E-state index contributed by atoms with van der Waals surface area (Å²) in [5, 5.41) is 13.5. The lowest BCUT2D eigenvalue weighted by molar-refractivity contribution is 0.576. The Morgan fingerprint density at radius 1 is 1.09 bits per heavy atom. The van der Waals surface area contributed by atoms with Crippen LogP contribution in [0.15, 0.2) is 85.5 Å². The van der Waals surface area contributed by atoms with Crippen LogP contribution < -0.4 is 15.7 Å². The molecule has 22 heavy (non-hydrogen) atoms. The molecule has 2 aromatic rings. The third-order valence-corrected chi connectivity index (χ3v) is 6.01. The highest BCUT2D eigenvalue weighted by Gasteiger charge is 2.29. The van der Waals surface area contributed by atoms with Crippen LogP contribution in [0.5, 0.6) is 0 Å². The average molecular weight is 308 g/mol. The van der Waals surface area contributed by atoms with Crippen LogP contribution in [0.25, 0.3) is 0 Å². The first kappa shape index (κ1) is 16.0. The molecule has 0 aromatic heterocycles. The first-order valence-electron chi connectivity index (χ1n) is 6.82. The van der Waals surface area contributed by atoms with Gasteiger partial charge in [-0.2, -0.15) is 5.26 Å². The van der Waals surface area contributed by atoms with Gasteiger partial charge in [0.15, 0.2) is 0 Å². The molecule has 4 heteroatoms. The highest BCUT2D eigenvalue weighted by molar-refractivity contribution is 7.77. The molecule has 110 valence electrons. The molecule has 1 unspecified atom stereocenters. The summed E-state index contributed by atoms with van der Waals surface area (Å²) < 4.78 is 13.7. The number of nitrogens with zero attached hydrogens (tertiary/aromatic N) is 1. The molecule has 2 rings (SSSR count). The molecule has 0 spiro atoms. The van der Waals surface area contributed by atoms with Gasteiger partial charge < -0.3 is 0 Å². The first-order chi connectivity index (χ1) is 10.6. The van der Waals surface area contributed by atoms with E-state index in [-0.39, 0.29) is 5.57 Å². The van der Waals surface area contributed by atoms with E-state index in [4.69, 9.17) is 5.26 Å². The van der Waals surface area contributed by atoms with Gasteiger partial charge in [0.25, 0.3) is 0 Å². The van der Waals surface area contributed by atoms with E-state index >= 15 is 0 Å². The molecular formula is C18H17N2OP. The van der Waals surface area contributed by atoms with Crippen molar-refractivity contribution in [2.45, 2.75) is 6.04 Å². The minimum atomic E-state index is -3.10. The van der Waals surface area contributed by atoms with Gasteiger partial charge in [0.05, 0.1) is 12.1 Å². The molecule has 3 nitrogen and oxygen atoms in total. The topological polar surface area (TPSA) is 52.9 Å². The van der Waals surface area contributed by atoms with E-state index in [9.17, 15) is 4.57 Å². The summed E-state index contributed by atoms with van der Waals surface area (Å²) in [4.78, 5) is 0. The largest absolute Gasteiger partial charge is 0.296 e. The fourth-order valence-electron chi connectivity index (χ4n) is 2.11. The lowest BCUT2D eigenvalue weighted by Crippen LogP contribution is -2.34. The van der Waals surface area contributed by atoms with Crippen molar-refractivity contribution in [1.82, 2.24) is 5.09 Å². The number of hydrogen-bond donors (Lipinski definition) is 1. The second kappa shape index (κ2) is 7.04. The zero-order valence-corrected chi connectivity index (χ0v) is 13.0. The normalized spacial score (nSPS) is 12.1. The summed E-state index contributed by atoms with van der Waals surface area (Å²) in [5.74, 6) is 0. The Labute approximate surface area is 131 Å². The Bertz CT molecular complexity index is 704. The molecule has 0 fully saturated rings. The maximum absolute atomic E-state index is 13.7. The average Bonchev–Trinajstić information content (AvgIpc) is 2.60. The van der Waals surface area contributed by atoms with E-state index in [1.165, 1.54) is 0 Å². The minimum absolute atomic E-state index is 0.280. The Hall–Kier alpha value is -2.40. The van der Waals surface area contributed by atoms with Gasteiger partial charge in [0.2, 0.25) is 7.29 Å². The molecule has 2 aromatic carbocycles. The lowest BCUT2D eigenvalue weighted by atomic mass is 10.2. The van der Waals surface area contributed by atoms with Crippen LogP contribution in [-0.4, -0.2) is 6.04 Å². The molecule has 0 radical (unpaired) electrons. The smallest absolute Gasteiger partial charge is 0.205 e. The first-order valence-corrected chi connectivity index (χ1v) is 8.53. The van der Waals surface area contributed by atoms with Crippen LogP contribution in [0.1, 0.15) is 0 Å². The van der Waals surface area contributed by atoms with Gasteiger partial charge in [-0.1, -0.05) is 49.1 Å². The number of benzene rings is 2. The summed E-state index contributed by atoms with van der Waals surface area (Å²) in [6.07, 6.45) is 1.55. The Morgan fingerprint density at radius 3 is 1.91 bits per heavy atom. The fourth-order valence-corrected chi connectivity index (χ4v) is 4.55. The highest BCUT2D eigenvalue weighted by atomic mass is 31.2. The van der Waals surface area contributed by atoms with E-state index < -0.39 is 13.3 Å². The van der Waals surface area contributed by atoms with Crippen molar-refractivity contribution in [2.75, 3.05) is 0 Å². The van der Waals surface area contributed by atoms with Crippen molar-refractivity contribution >= 4 is 17.9 Å². The van der Waals surface area contributed by atoms with Crippen LogP contribution in [0.3, 0.4) is 0 Å². The van der Waals surface area contributed by atoms with Crippen molar-refractivity contribution in [1.29, 1.82) is 5.26 Å². The number of hydrogen-bond acceptors (Lipinski definition) is 2. The molecule has 1 atom stereocenters. The van der Waals surface area contributed by atoms with E-state index in [1.54, 1.807) is 6.08 Å². The molecule has 0 aliphatic carbocycles. The quantitative estimate of drug-likeness (QED) is 0.507. The van der Waals surface area contributed by atoms with Crippen LogP contribution >= 0.6 is 7.29 Å². The van der Waals surface area contributed by atoms with Gasteiger partial charge in [0.1, 0.15) is 0 Å². The summed E-state index contributed by atoms with van der Waals surface area (Å²) in [7, 11) is -3.10. The Morgan fingerprint density at radius 2 is 1.55 bits per heavy atom. The molecule has 1 N–H and O–H groups in total. The Kier molecular flexibility index (Phi) is 5.12. The van der Waals surface area contributed by atoms with Crippen LogP contribution in [0.4, 0.5) is 0 Å². The van der Waals surface area contributed by atoms with Crippen molar-refractivity contribution in [3.05, 3.63) is 85.5 Å². The molecule has 0 aliphatic rings. The van der Waals surface area contributed by atoms with E-state index in [0.717, 1.165) is 0 Å². The summed E-state index contributed by atoms with van der Waals surface area (Å²) in [5.41, 5.74) is 0.280. The molecule has 0 saturated carbocycles. The predicted molar refractivity (Wildman–Crippen MR) is 91.6 cm³/mol. The van der Waals surface area contributed by atoms with Crippen LogP contribution in [-0.2, 0) is 4.57 Å². The molecule has 0 amide bonds. The summed E-state index contributed by atoms with van der Waals surface area (Å²) in [6.45, 7) is 7.41. The van der Waals surface area contributed by atoms with E-state index in [2.05, 4.69) is 18.2 Å². The molecule has 0 bridgehead atoms. The van der Waals surface area contributed by atoms with E-state index in [1.807, 2.05) is 66.7 Å². The standard InChI is InChI=1S/C18H17N2OP/c1-3-18(15(2)14-19)20-22(21,16-10-6-4-7-11-16)17-12-8-5-9-13-17/h3-13,18H,1-2H2,(H,20,21). The summed E-state index contributed by atoms with van der Waals surface area (Å²) in [6, 6.07) is 19.8. The van der Waals surface area contributed by atoms with Gasteiger partial charge in [-0.15, -0.1) is 6.58 Å². The van der Waals surface area contributed by atoms with Gasteiger partial charge in [-0.05, 0) is 24.3 Å².